The van der Waals surface area contributed by atoms with Gasteiger partial charge >= 0.3 is 0 Å². The van der Waals surface area contributed by atoms with Crippen LogP contribution in [-0.4, -0.2) is 15.0 Å². The normalized spacial score (nSPS) is 11.4. The van der Waals surface area contributed by atoms with Gasteiger partial charge in [-0.15, -0.1) is 0 Å². The average molecular weight is 191 g/mol. The summed E-state index contributed by atoms with van der Waals surface area (Å²) in [5, 5.41) is 0. The van der Waals surface area contributed by atoms with Gasteiger partial charge in [0.15, 0.2) is 11.5 Å². The van der Waals surface area contributed by atoms with Crippen LogP contribution in [-0.2, 0) is 0 Å². The van der Waals surface area contributed by atoms with Crippen molar-refractivity contribution >= 4 is 11.2 Å². The van der Waals surface area contributed by atoms with Gasteiger partial charge in [-0.25, -0.2) is 9.97 Å². The van der Waals surface area contributed by atoms with Crippen molar-refractivity contribution < 1.29 is 4.42 Å². The molecule has 0 aliphatic rings. The summed E-state index contributed by atoms with van der Waals surface area (Å²) in [7, 11) is 0. The molecule has 0 spiro atoms. The standard InChI is InChI=1S/C10H13N3O/c1-3-7(4-2)10-13-9-8(14-10)5-11-6-12-9/h5-7H,3-4H2,1-2H3. The van der Waals surface area contributed by atoms with Crippen molar-refractivity contribution in [2.24, 2.45) is 0 Å². The number of aromatic nitrogens is 3. The van der Waals surface area contributed by atoms with E-state index in [1.54, 1.807) is 6.20 Å². The van der Waals surface area contributed by atoms with Crippen LogP contribution in [0.25, 0.3) is 11.2 Å². The Kier molecular flexibility index (Phi) is 2.43. The third kappa shape index (κ3) is 1.47. The molecule has 0 atom stereocenters. The van der Waals surface area contributed by atoms with Gasteiger partial charge in [-0.3, -0.25) is 0 Å². The molecule has 2 rings (SSSR count). The summed E-state index contributed by atoms with van der Waals surface area (Å²) in [6, 6.07) is 0. The van der Waals surface area contributed by atoms with Crippen molar-refractivity contribution in [1.29, 1.82) is 0 Å². The summed E-state index contributed by atoms with van der Waals surface area (Å²) in [5.41, 5.74) is 1.33. The molecule has 0 unspecified atom stereocenters. The first-order chi connectivity index (χ1) is 6.85. The Hall–Kier alpha value is -1.45. The van der Waals surface area contributed by atoms with Crippen molar-refractivity contribution in [1.82, 2.24) is 15.0 Å². The zero-order chi connectivity index (χ0) is 9.97. The lowest BCUT2D eigenvalue weighted by molar-refractivity contribution is 0.453. The van der Waals surface area contributed by atoms with Crippen molar-refractivity contribution in [2.75, 3.05) is 0 Å². The molecule has 2 aromatic heterocycles. The van der Waals surface area contributed by atoms with Crippen LogP contribution in [0.5, 0.6) is 0 Å². The smallest absolute Gasteiger partial charge is 0.201 e. The molecule has 4 nitrogen and oxygen atoms in total. The quantitative estimate of drug-likeness (QED) is 0.748. The maximum absolute atomic E-state index is 5.58. The van der Waals surface area contributed by atoms with E-state index >= 15 is 0 Å². The van der Waals surface area contributed by atoms with Gasteiger partial charge in [-0.2, -0.15) is 4.98 Å². The first-order valence-electron chi connectivity index (χ1n) is 4.91. The van der Waals surface area contributed by atoms with Crippen LogP contribution >= 0.6 is 0 Å². The summed E-state index contributed by atoms with van der Waals surface area (Å²) in [6.45, 7) is 4.27. The Bertz CT molecular complexity index is 387. The van der Waals surface area contributed by atoms with E-state index in [9.17, 15) is 0 Å². The van der Waals surface area contributed by atoms with Crippen LogP contribution < -0.4 is 0 Å². The highest BCUT2D eigenvalue weighted by Gasteiger charge is 2.14. The molecule has 2 heterocycles. The predicted octanol–water partition coefficient (Wildman–Crippen LogP) is 2.52. The third-order valence-electron chi connectivity index (χ3n) is 2.42. The Balaban J connectivity index is 2.43. The van der Waals surface area contributed by atoms with Crippen molar-refractivity contribution in [3.63, 3.8) is 0 Å². The molecular formula is C10H13N3O. The monoisotopic (exact) mass is 191 g/mol. The fourth-order valence-electron chi connectivity index (χ4n) is 1.52. The number of rotatable bonds is 3. The zero-order valence-electron chi connectivity index (χ0n) is 8.40. The van der Waals surface area contributed by atoms with E-state index in [4.69, 9.17) is 4.42 Å². The maximum Gasteiger partial charge on any atom is 0.201 e. The second-order valence-corrected chi connectivity index (χ2v) is 3.28. The van der Waals surface area contributed by atoms with E-state index in [1.165, 1.54) is 6.33 Å². The summed E-state index contributed by atoms with van der Waals surface area (Å²) >= 11 is 0. The van der Waals surface area contributed by atoms with Gasteiger partial charge in [0.1, 0.15) is 6.33 Å². The molecule has 0 aliphatic heterocycles. The van der Waals surface area contributed by atoms with Crippen LogP contribution in [0.4, 0.5) is 0 Å². The van der Waals surface area contributed by atoms with Crippen molar-refractivity contribution in [3.8, 4) is 0 Å². The predicted molar refractivity (Wildman–Crippen MR) is 52.9 cm³/mol. The summed E-state index contributed by atoms with van der Waals surface area (Å²) in [6.07, 6.45) is 5.22. The average Bonchev–Trinajstić information content (AvgIpc) is 2.63. The largest absolute Gasteiger partial charge is 0.437 e. The lowest BCUT2D eigenvalue weighted by atomic mass is 10.0. The summed E-state index contributed by atoms with van der Waals surface area (Å²) in [4.78, 5) is 12.3. The minimum atomic E-state index is 0.393. The molecule has 0 saturated heterocycles. The van der Waals surface area contributed by atoms with Crippen molar-refractivity contribution in [3.05, 3.63) is 18.4 Å². The molecular weight excluding hydrogens is 178 g/mol. The highest BCUT2D eigenvalue weighted by molar-refractivity contribution is 5.65. The molecule has 2 aromatic rings. The van der Waals surface area contributed by atoms with Gasteiger partial charge in [-0.05, 0) is 12.8 Å². The highest BCUT2D eigenvalue weighted by atomic mass is 16.3. The van der Waals surface area contributed by atoms with Gasteiger partial charge in [0.2, 0.25) is 5.65 Å². The lowest BCUT2D eigenvalue weighted by Crippen LogP contribution is -1.94. The van der Waals surface area contributed by atoms with Gasteiger partial charge in [0.25, 0.3) is 0 Å². The summed E-state index contributed by atoms with van der Waals surface area (Å²) in [5.74, 6) is 1.18. The SMILES string of the molecule is CCC(CC)c1nc2ncncc2o1. The minimum Gasteiger partial charge on any atom is -0.437 e. The van der Waals surface area contributed by atoms with Gasteiger partial charge in [0, 0.05) is 5.92 Å². The van der Waals surface area contributed by atoms with Crippen LogP contribution in [0.15, 0.2) is 16.9 Å². The minimum absolute atomic E-state index is 0.393. The fraction of sp³-hybridized carbons (Fsp3) is 0.500. The van der Waals surface area contributed by atoms with Gasteiger partial charge < -0.3 is 4.42 Å². The Morgan fingerprint density at radius 2 is 2.14 bits per heavy atom. The molecule has 14 heavy (non-hydrogen) atoms. The maximum atomic E-state index is 5.58. The summed E-state index contributed by atoms with van der Waals surface area (Å²) < 4.78 is 5.58. The first kappa shape index (κ1) is 9.12. The van der Waals surface area contributed by atoms with E-state index in [-0.39, 0.29) is 0 Å². The Morgan fingerprint density at radius 3 is 2.79 bits per heavy atom. The topological polar surface area (TPSA) is 51.8 Å². The fourth-order valence-corrected chi connectivity index (χ4v) is 1.52. The van der Waals surface area contributed by atoms with E-state index in [0.717, 1.165) is 18.7 Å². The molecule has 0 fully saturated rings. The van der Waals surface area contributed by atoms with Crippen molar-refractivity contribution in [2.45, 2.75) is 32.6 Å². The molecule has 0 bridgehead atoms. The zero-order valence-corrected chi connectivity index (χ0v) is 8.40. The molecule has 0 amide bonds. The highest BCUT2D eigenvalue weighted by Crippen LogP contribution is 2.24. The molecule has 0 saturated carbocycles. The van der Waals surface area contributed by atoms with E-state index < -0.39 is 0 Å². The molecule has 0 N–H and O–H groups in total. The molecule has 0 aliphatic carbocycles. The molecule has 0 radical (unpaired) electrons. The van der Waals surface area contributed by atoms with Crippen LogP contribution in [0.2, 0.25) is 0 Å². The third-order valence-corrected chi connectivity index (χ3v) is 2.42. The first-order valence-corrected chi connectivity index (χ1v) is 4.91. The van der Waals surface area contributed by atoms with Gasteiger partial charge in [-0.1, -0.05) is 13.8 Å². The molecule has 0 aromatic carbocycles. The number of fused-ring (bicyclic) bond motifs is 1. The van der Waals surface area contributed by atoms with Gasteiger partial charge in [0.05, 0.1) is 6.20 Å². The number of oxazole rings is 1. The second kappa shape index (κ2) is 3.74. The molecule has 74 valence electrons. The van der Waals surface area contributed by atoms with Crippen LogP contribution in [0.1, 0.15) is 38.5 Å². The van der Waals surface area contributed by atoms with E-state index in [0.29, 0.717) is 17.1 Å². The molecule has 4 heteroatoms. The number of hydrogen-bond donors (Lipinski definition) is 0. The van der Waals surface area contributed by atoms with Crippen LogP contribution in [0, 0.1) is 0 Å². The Labute approximate surface area is 82.4 Å². The van der Waals surface area contributed by atoms with E-state index in [1.807, 2.05) is 0 Å². The number of nitrogens with zero attached hydrogens (tertiary/aromatic N) is 3. The van der Waals surface area contributed by atoms with E-state index in [2.05, 4.69) is 28.8 Å². The number of hydrogen-bond acceptors (Lipinski definition) is 4. The second-order valence-electron chi connectivity index (χ2n) is 3.28. The lowest BCUT2D eigenvalue weighted by Gasteiger charge is -2.05. The Morgan fingerprint density at radius 1 is 1.36 bits per heavy atom. The van der Waals surface area contributed by atoms with Crippen LogP contribution in [0.3, 0.4) is 0 Å².